The molecule has 0 aromatic heterocycles. The maximum atomic E-state index is 6.35. The molecule has 0 radical (unpaired) electrons. The monoisotopic (exact) mass is 205 g/mol. The van der Waals surface area contributed by atoms with Gasteiger partial charge in [0.25, 0.3) is 0 Å². The molecule has 1 aromatic carbocycles. The Bertz CT molecular complexity index is 315. The van der Waals surface area contributed by atoms with Gasteiger partial charge >= 0.3 is 0 Å². The van der Waals surface area contributed by atoms with Gasteiger partial charge < -0.3 is 5.73 Å². The standard InChI is InChI=1S/C14H23N/c1-5-12(3)14(4,15)10-13-8-6-7-11(2)9-13/h6-9,12H,5,10,15H2,1-4H3. The van der Waals surface area contributed by atoms with Gasteiger partial charge in [0.05, 0.1) is 0 Å². The van der Waals surface area contributed by atoms with E-state index < -0.39 is 0 Å². The fourth-order valence-electron chi connectivity index (χ4n) is 1.90. The lowest BCUT2D eigenvalue weighted by Gasteiger charge is -2.31. The zero-order valence-electron chi connectivity index (χ0n) is 10.4. The Morgan fingerprint density at radius 3 is 2.60 bits per heavy atom. The minimum absolute atomic E-state index is 0.0947. The Morgan fingerprint density at radius 2 is 2.07 bits per heavy atom. The molecule has 0 spiro atoms. The normalized spacial score (nSPS) is 17.1. The number of aryl methyl sites for hydroxylation is 1. The molecule has 1 heteroatoms. The summed E-state index contributed by atoms with van der Waals surface area (Å²) in [6.07, 6.45) is 2.10. The molecule has 0 amide bonds. The molecule has 0 heterocycles. The fourth-order valence-corrected chi connectivity index (χ4v) is 1.90. The van der Waals surface area contributed by atoms with E-state index in [0.29, 0.717) is 5.92 Å². The van der Waals surface area contributed by atoms with E-state index in [1.807, 2.05) is 0 Å². The van der Waals surface area contributed by atoms with Crippen LogP contribution in [0, 0.1) is 12.8 Å². The Hall–Kier alpha value is -0.820. The summed E-state index contributed by atoms with van der Waals surface area (Å²) in [7, 11) is 0. The summed E-state index contributed by atoms with van der Waals surface area (Å²) in [4.78, 5) is 0. The first-order chi connectivity index (χ1) is 6.95. The van der Waals surface area contributed by atoms with Crippen LogP contribution in [0.3, 0.4) is 0 Å². The van der Waals surface area contributed by atoms with Gasteiger partial charge in [-0.1, -0.05) is 50.1 Å². The molecule has 0 fully saturated rings. The van der Waals surface area contributed by atoms with Crippen molar-refractivity contribution in [2.24, 2.45) is 11.7 Å². The van der Waals surface area contributed by atoms with Crippen LogP contribution in [0.1, 0.15) is 38.3 Å². The molecule has 2 atom stereocenters. The highest BCUT2D eigenvalue weighted by Crippen LogP contribution is 2.22. The molecule has 0 aliphatic carbocycles. The molecule has 1 rings (SSSR count). The van der Waals surface area contributed by atoms with Gasteiger partial charge in [0, 0.05) is 5.54 Å². The molecule has 1 aromatic rings. The van der Waals surface area contributed by atoms with Crippen LogP contribution in [0.4, 0.5) is 0 Å². The largest absolute Gasteiger partial charge is 0.325 e. The minimum atomic E-state index is -0.0947. The summed E-state index contributed by atoms with van der Waals surface area (Å²) in [6, 6.07) is 8.63. The lowest BCUT2D eigenvalue weighted by Crippen LogP contribution is -2.44. The van der Waals surface area contributed by atoms with Crippen molar-refractivity contribution >= 4 is 0 Å². The molecule has 0 saturated heterocycles. The van der Waals surface area contributed by atoms with Crippen LogP contribution in [0.25, 0.3) is 0 Å². The van der Waals surface area contributed by atoms with Gasteiger partial charge in [0.1, 0.15) is 0 Å². The highest BCUT2D eigenvalue weighted by Gasteiger charge is 2.25. The van der Waals surface area contributed by atoms with E-state index in [2.05, 4.69) is 52.0 Å². The van der Waals surface area contributed by atoms with E-state index in [1.165, 1.54) is 11.1 Å². The van der Waals surface area contributed by atoms with Crippen LogP contribution >= 0.6 is 0 Å². The molecule has 2 N–H and O–H groups in total. The van der Waals surface area contributed by atoms with E-state index in [-0.39, 0.29) is 5.54 Å². The van der Waals surface area contributed by atoms with Crippen LogP contribution in [0.5, 0.6) is 0 Å². The number of hydrogen-bond acceptors (Lipinski definition) is 1. The predicted octanol–water partition coefficient (Wildman–Crippen LogP) is 3.30. The van der Waals surface area contributed by atoms with E-state index in [0.717, 1.165) is 12.8 Å². The van der Waals surface area contributed by atoms with Crippen molar-refractivity contribution in [3.8, 4) is 0 Å². The second kappa shape index (κ2) is 4.80. The summed E-state index contributed by atoms with van der Waals surface area (Å²) in [5, 5.41) is 0. The number of nitrogens with two attached hydrogens (primary N) is 1. The summed E-state index contributed by atoms with van der Waals surface area (Å²) in [5.74, 6) is 0.554. The fraction of sp³-hybridized carbons (Fsp3) is 0.571. The lowest BCUT2D eigenvalue weighted by molar-refractivity contribution is 0.306. The third-order valence-corrected chi connectivity index (χ3v) is 3.41. The highest BCUT2D eigenvalue weighted by molar-refractivity contribution is 5.24. The lowest BCUT2D eigenvalue weighted by atomic mass is 9.81. The Balaban J connectivity index is 2.77. The van der Waals surface area contributed by atoms with Crippen LogP contribution in [-0.2, 0) is 6.42 Å². The Kier molecular flexibility index (Phi) is 3.92. The SMILES string of the molecule is CCC(C)C(C)(N)Cc1cccc(C)c1. The second-order valence-electron chi connectivity index (χ2n) is 4.98. The maximum Gasteiger partial charge on any atom is 0.0192 e. The second-order valence-corrected chi connectivity index (χ2v) is 4.98. The average Bonchev–Trinajstić information content (AvgIpc) is 2.15. The number of rotatable bonds is 4. The predicted molar refractivity (Wildman–Crippen MR) is 66.9 cm³/mol. The average molecular weight is 205 g/mol. The smallest absolute Gasteiger partial charge is 0.0192 e. The zero-order chi connectivity index (χ0) is 11.5. The van der Waals surface area contributed by atoms with E-state index in [4.69, 9.17) is 5.73 Å². The van der Waals surface area contributed by atoms with Gasteiger partial charge in [-0.15, -0.1) is 0 Å². The van der Waals surface area contributed by atoms with Crippen LogP contribution in [-0.4, -0.2) is 5.54 Å². The van der Waals surface area contributed by atoms with Crippen molar-refractivity contribution in [2.75, 3.05) is 0 Å². The van der Waals surface area contributed by atoms with Gasteiger partial charge in [0.15, 0.2) is 0 Å². The summed E-state index contributed by atoms with van der Waals surface area (Å²) < 4.78 is 0. The third kappa shape index (κ3) is 3.35. The first-order valence-corrected chi connectivity index (χ1v) is 5.80. The minimum Gasteiger partial charge on any atom is -0.325 e. The molecule has 0 aliphatic heterocycles. The first kappa shape index (κ1) is 12.3. The molecular formula is C14H23N. The van der Waals surface area contributed by atoms with Gasteiger partial charge in [-0.25, -0.2) is 0 Å². The molecule has 15 heavy (non-hydrogen) atoms. The molecule has 2 unspecified atom stereocenters. The van der Waals surface area contributed by atoms with Crippen molar-refractivity contribution in [3.63, 3.8) is 0 Å². The highest BCUT2D eigenvalue weighted by atomic mass is 14.7. The van der Waals surface area contributed by atoms with E-state index in [1.54, 1.807) is 0 Å². The quantitative estimate of drug-likeness (QED) is 0.802. The van der Waals surface area contributed by atoms with Crippen LogP contribution < -0.4 is 5.73 Å². The van der Waals surface area contributed by atoms with E-state index >= 15 is 0 Å². The van der Waals surface area contributed by atoms with Crippen molar-refractivity contribution in [1.29, 1.82) is 0 Å². The molecule has 0 bridgehead atoms. The topological polar surface area (TPSA) is 26.0 Å². The number of benzene rings is 1. The van der Waals surface area contributed by atoms with Gasteiger partial charge in [-0.2, -0.15) is 0 Å². The van der Waals surface area contributed by atoms with E-state index in [9.17, 15) is 0 Å². The van der Waals surface area contributed by atoms with Crippen molar-refractivity contribution in [2.45, 2.75) is 46.1 Å². The maximum absolute atomic E-state index is 6.35. The first-order valence-electron chi connectivity index (χ1n) is 5.80. The summed E-state index contributed by atoms with van der Waals surface area (Å²) >= 11 is 0. The Labute approximate surface area is 93.7 Å². The molecule has 1 nitrogen and oxygen atoms in total. The molecule has 0 saturated carbocycles. The third-order valence-electron chi connectivity index (χ3n) is 3.41. The summed E-state index contributed by atoms with van der Waals surface area (Å²) in [6.45, 7) is 8.71. The Morgan fingerprint density at radius 1 is 1.40 bits per heavy atom. The zero-order valence-corrected chi connectivity index (χ0v) is 10.4. The van der Waals surface area contributed by atoms with Crippen LogP contribution in [0.15, 0.2) is 24.3 Å². The number of hydrogen-bond donors (Lipinski definition) is 1. The van der Waals surface area contributed by atoms with Crippen molar-refractivity contribution in [3.05, 3.63) is 35.4 Å². The van der Waals surface area contributed by atoms with Gasteiger partial charge in [-0.05, 0) is 31.7 Å². The van der Waals surface area contributed by atoms with Crippen molar-refractivity contribution in [1.82, 2.24) is 0 Å². The van der Waals surface area contributed by atoms with Crippen molar-refractivity contribution < 1.29 is 0 Å². The van der Waals surface area contributed by atoms with Gasteiger partial charge in [0.2, 0.25) is 0 Å². The molecule has 84 valence electrons. The molecule has 0 aliphatic rings. The molecular weight excluding hydrogens is 182 g/mol. The van der Waals surface area contributed by atoms with Crippen LogP contribution in [0.2, 0.25) is 0 Å². The summed E-state index contributed by atoms with van der Waals surface area (Å²) in [5.41, 5.74) is 8.92. The van der Waals surface area contributed by atoms with Gasteiger partial charge in [-0.3, -0.25) is 0 Å².